The van der Waals surface area contributed by atoms with Crippen LogP contribution in [0.25, 0.3) is 0 Å². The largest absolute Gasteiger partial charge is 0.483 e. The normalized spacial score (nSPS) is 11.0. The second-order valence-electron chi connectivity index (χ2n) is 5.90. The van der Waals surface area contributed by atoms with Crippen LogP contribution in [-0.2, 0) is 4.79 Å². The van der Waals surface area contributed by atoms with E-state index in [0.29, 0.717) is 5.75 Å². The molecule has 144 valence electrons. The van der Waals surface area contributed by atoms with Crippen molar-refractivity contribution in [2.24, 2.45) is 0 Å². The van der Waals surface area contributed by atoms with E-state index in [-0.39, 0.29) is 17.9 Å². The Hall–Kier alpha value is -3.03. The Bertz CT molecular complexity index is 815. The molecule has 0 aromatic heterocycles. The molecule has 0 saturated heterocycles. The Morgan fingerprint density at radius 1 is 1.00 bits per heavy atom. The number of hydrogen-bond donors (Lipinski definition) is 2. The molecule has 0 aliphatic rings. The number of anilines is 1. The highest BCUT2D eigenvalue weighted by Crippen LogP contribution is 2.22. The molecule has 0 aliphatic carbocycles. The number of para-hydroxylation sites is 2. The summed E-state index contributed by atoms with van der Waals surface area (Å²) < 4.78 is 42.3. The second kappa shape index (κ2) is 8.57. The van der Waals surface area contributed by atoms with Gasteiger partial charge in [-0.05, 0) is 37.1 Å². The lowest BCUT2D eigenvalue weighted by Gasteiger charge is -2.14. The van der Waals surface area contributed by atoms with E-state index >= 15 is 0 Å². The van der Waals surface area contributed by atoms with Crippen molar-refractivity contribution in [3.8, 4) is 5.75 Å². The Morgan fingerprint density at radius 3 is 2.26 bits per heavy atom. The summed E-state index contributed by atoms with van der Waals surface area (Å²) in [6.45, 7) is 1.94. The monoisotopic (exact) mass is 380 g/mol. The maximum absolute atomic E-state index is 12.3. The summed E-state index contributed by atoms with van der Waals surface area (Å²) in [5.41, 5.74) is 1.78. The SMILES string of the molecule is Cc1cccc(C)c1OCC(=O)Nc1ccccc1C(=O)NCC(F)(F)F. The molecule has 2 amide bonds. The number of benzene rings is 2. The number of rotatable bonds is 6. The van der Waals surface area contributed by atoms with E-state index in [4.69, 9.17) is 4.74 Å². The van der Waals surface area contributed by atoms with Crippen LogP contribution in [0.4, 0.5) is 18.9 Å². The van der Waals surface area contributed by atoms with Crippen LogP contribution in [0.1, 0.15) is 21.5 Å². The van der Waals surface area contributed by atoms with Crippen LogP contribution in [-0.4, -0.2) is 31.1 Å². The van der Waals surface area contributed by atoms with E-state index in [2.05, 4.69) is 5.32 Å². The molecule has 0 bridgehead atoms. The summed E-state index contributed by atoms with van der Waals surface area (Å²) in [7, 11) is 0. The molecule has 0 atom stereocenters. The maximum Gasteiger partial charge on any atom is 0.405 e. The van der Waals surface area contributed by atoms with Crippen LogP contribution in [0.2, 0.25) is 0 Å². The highest BCUT2D eigenvalue weighted by atomic mass is 19.4. The van der Waals surface area contributed by atoms with Crippen molar-refractivity contribution in [3.63, 3.8) is 0 Å². The Kier molecular flexibility index (Phi) is 6.44. The van der Waals surface area contributed by atoms with Crippen LogP contribution < -0.4 is 15.4 Å². The second-order valence-corrected chi connectivity index (χ2v) is 5.90. The molecule has 5 nitrogen and oxygen atoms in total. The highest BCUT2D eigenvalue weighted by Gasteiger charge is 2.28. The van der Waals surface area contributed by atoms with Crippen molar-refractivity contribution in [1.29, 1.82) is 0 Å². The molecule has 0 heterocycles. The molecule has 0 spiro atoms. The third-order valence-electron chi connectivity index (χ3n) is 3.65. The topological polar surface area (TPSA) is 67.4 Å². The molecule has 2 rings (SSSR count). The molecule has 0 fully saturated rings. The van der Waals surface area contributed by atoms with Gasteiger partial charge in [0.15, 0.2) is 6.61 Å². The van der Waals surface area contributed by atoms with Crippen LogP contribution in [0, 0.1) is 13.8 Å². The standard InChI is InChI=1S/C19H19F3N2O3/c1-12-6-5-7-13(2)17(12)27-10-16(25)24-15-9-4-3-8-14(15)18(26)23-11-19(20,21)22/h3-9H,10-11H2,1-2H3,(H,23,26)(H,24,25). The van der Waals surface area contributed by atoms with Gasteiger partial charge in [0.1, 0.15) is 12.3 Å². The first kappa shape index (κ1) is 20.3. The van der Waals surface area contributed by atoms with Crippen LogP contribution in [0.15, 0.2) is 42.5 Å². The predicted molar refractivity (Wildman–Crippen MR) is 94.9 cm³/mol. The van der Waals surface area contributed by atoms with Crippen molar-refractivity contribution in [2.45, 2.75) is 20.0 Å². The lowest BCUT2D eigenvalue weighted by atomic mass is 10.1. The number of amides is 2. The van der Waals surface area contributed by atoms with E-state index < -0.39 is 24.5 Å². The van der Waals surface area contributed by atoms with E-state index in [9.17, 15) is 22.8 Å². The molecular formula is C19H19F3N2O3. The molecule has 2 aromatic rings. The zero-order valence-electron chi connectivity index (χ0n) is 14.8. The minimum absolute atomic E-state index is 0.0674. The average Bonchev–Trinajstić information content (AvgIpc) is 2.59. The fraction of sp³-hybridized carbons (Fsp3) is 0.263. The summed E-state index contributed by atoms with van der Waals surface area (Å²) in [6.07, 6.45) is -4.52. The molecule has 27 heavy (non-hydrogen) atoms. The zero-order chi connectivity index (χ0) is 20.0. The molecule has 2 N–H and O–H groups in total. The number of aryl methyl sites for hydroxylation is 2. The minimum atomic E-state index is -4.52. The first-order chi connectivity index (χ1) is 12.7. The Morgan fingerprint density at radius 2 is 1.63 bits per heavy atom. The Labute approximate surface area is 154 Å². The van der Waals surface area contributed by atoms with Crippen LogP contribution in [0.3, 0.4) is 0 Å². The van der Waals surface area contributed by atoms with Gasteiger partial charge >= 0.3 is 6.18 Å². The van der Waals surface area contributed by atoms with E-state index in [0.717, 1.165) is 11.1 Å². The molecule has 0 saturated carbocycles. The smallest absolute Gasteiger partial charge is 0.405 e. The highest BCUT2D eigenvalue weighted by molar-refractivity contribution is 6.04. The quantitative estimate of drug-likeness (QED) is 0.805. The first-order valence-corrected chi connectivity index (χ1v) is 8.10. The number of hydrogen-bond acceptors (Lipinski definition) is 3. The van der Waals surface area contributed by atoms with E-state index in [1.54, 1.807) is 11.4 Å². The fourth-order valence-corrected chi connectivity index (χ4v) is 2.42. The van der Waals surface area contributed by atoms with Gasteiger partial charge in [0.05, 0.1) is 11.3 Å². The van der Waals surface area contributed by atoms with Crippen molar-refractivity contribution in [1.82, 2.24) is 5.32 Å². The summed E-state index contributed by atoms with van der Waals surface area (Å²) in [6, 6.07) is 11.4. The van der Waals surface area contributed by atoms with Gasteiger partial charge in [0.2, 0.25) is 0 Å². The number of nitrogens with one attached hydrogen (secondary N) is 2. The minimum Gasteiger partial charge on any atom is -0.483 e. The van der Waals surface area contributed by atoms with Gasteiger partial charge in [0.25, 0.3) is 11.8 Å². The van der Waals surface area contributed by atoms with Crippen LogP contribution >= 0.6 is 0 Å². The molecule has 8 heteroatoms. The van der Waals surface area contributed by atoms with Gasteiger partial charge in [-0.25, -0.2) is 0 Å². The van der Waals surface area contributed by atoms with Gasteiger partial charge in [0, 0.05) is 0 Å². The van der Waals surface area contributed by atoms with Gasteiger partial charge < -0.3 is 15.4 Å². The summed E-state index contributed by atoms with van der Waals surface area (Å²) >= 11 is 0. The Balaban J connectivity index is 2.02. The third-order valence-corrected chi connectivity index (χ3v) is 3.65. The number of carbonyl (C=O) groups excluding carboxylic acids is 2. The summed E-state index contributed by atoms with van der Waals surface area (Å²) in [5.74, 6) is -0.878. The first-order valence-electron chi connectivity index (χ1n) is 8.10. The number of alkyl halides is 3. The van der Waals surface area contributed by atoms with Crippen LogP contribution in [0.5, 0.6) is 5.75 Å². The maximum atomic E-state index is 12.3. The van der Waals surface area contributed by atoms with Crippen molar-refractivity contribution in [3.05, 3.63) is 59.2 Å². The number of ether oxygens (including phenoxy) is 1. The van der Waals surface area contributed by atoms with Crippen molar-refractivity contribution >= 4 is 17.5 Å². The van der Waals surface area contributed by atoms with Crippen molar-refractivity contribution < 1.29 is 27.5 Å². The average molecular weight is 380 g/mol. The lowest BCUT2D eigenvalue weighted by Crippen LogP contribution is -2.34. The van der Waals surface area contributed by atoms with E-state index in [1.807, 2.05) is 32.0 Å². The van der Waals surface area contributed by atoms with Gasteiger partial charge in [-0.3, -0.25) is 9.59 Å². The number of carbonyl (C=O) groups is 2. The summed E-state index contributed by atoms with van der Waals surface area (Å²) in [5, 5.41) is 4.27. The molecular weight excluding hydrogens is 361 g/mol. The zero-order valence-corrected chi connectivity index (χ0v) is 14.8. The lowest BCUT2D eigenvalue weighted by molar-refractivity contribution is -0.123. The predicted octanol–water partition coefficient (Wildman–Crippen LogP) is 3.61. The van der Waals surface area contributed by atoms with Gasteiger partial charge in [-0.2, -0.15) is 13.2 Å². The third kappa shape index (κ3) is 6.02. The molecule has 0 unspecified atom stereocenters. The van der Waals surface area contributed by atoms with E-state index in [1.165, 1.54) is 18.2 Å². The fourth-order valence-electron chi connectivity index (χ4n) is 2.42. The van der Waals surface area contributed by atoms with Crippen molar-refractivity contribution in [2.75, 3.05) is 18.5 Å². The van der Waals surface area contributed by atoms with Gasteiger partial charge in [-0.15, -0.1) is 0 Å². The number of halogens is 3. The molecule has 2 aromatic carbocycles. The van der Waals surface area contributed by atoms with Gasteiger partial charge in [-0.1, -0.05) is 30.3 Å². The summed E-state index contributed by atoms with van der Waals surface area (Å²) in [4.78, 5) is 24.1. The molecule has 0 radical (unpaired) electrons. The molecule has 0 aliphatic heterocycles.